The number of amides is 1. The highest BCUT2D eigenvalue weighted by Gasteiger charge is 2.17. The van der Waals surface area contributed by atoms with E-state index in [2.05, 4.69) is 10.5 Å². The lowest BCUT2D eigenvalue weighted by molar-refractivity contribution is -0.116. The number of anilines is 1. The Morgan fingerprint density at radius 2 is 1.93 bits per heavy atom. The first-order chi connectivity index (χ1) is 13.1. The van der Waals surface area contributed by atoms with Crippen molar-refractivity contribution >= 4 is 11.6 Å². The van der Waals surface area contributed by atoms with Gasteiger partial charge in [-0.2, -0.15) is 0 Å². The number of benzene rings is 2. The SMILES string of the molecule is CCOc1ccccc1NC(=O)Cn1c(-c2ccc(OC)cc2)noc1=O. The molecule has 0 radical (unpaired) electrons. The van der Waals surface area contributed by atoms with E-state index < -0.39 is 11.7 Å². The molecule has 1 N–H and O–H groups in total. The molecule has 0 saturated heterocycles. The van der Waals surface area contributed by atoms with E-state index in [0.717, 1.165) is 0 Å². The molecule has 27 heavy (non-hydrogen) atoms. The Morgan fingerprint density at radius 1 is 1.19 bits per heavy atom. The Labute approximate surface area is 155 Å². The van der Waals surface area contributed by atoms with E-state index in [1.54, 1.807) is 49.6 Å². The molecule has 0 aliphatic carbocycles. The maximum absolute atomic E-state index is 12.5. The van der Waals surface area contributed by atoms with Crippen molar-refractivity contribution in [2.24, 2.45) is 0 Å². The number of nitrogens with one attached hydrogen (secondary N) is 1. The number of nitrogens with zero attached hydrogens (tertiary/aromatic N) is 2. The van der Waals surface area contributed by atoms with Gasteiger partial charge in [0.05, 0.1) is 19.4 Å². The average molecular weight is 369 g/mol. The van der Waals surface area contributed by atoms with Gasteiger partial charge in [-0.15, -0.1) is 0 Å². The Kier molecular flexibility index (Phi) is 5.55. The zero-order chi connectivity index (χ0) is 19.2. The number of hydrogen-bond donors (Lipinski definition) is 1. The zero-order valence-corrected chi connectivity index (χ0v) is 15.0. The summed E-state index contributed by atoms with van der Waals surface area (Å²) in [5, 5.41) is 6.52. The van der Waals surface area contributed by atoms with Gasteiger partial charge in [0.2, 0.25) is 5.91 Å². The summed E-state index contributed by atoms with van der Waals surface area (Å²) in [5.74, 6) is 0.370. The Bertz CT molecular complexity index is 976. The largest absolute Gasteiger partial charge is 0.497 e. The van der Waals surface area contributed by atoms with E-state index >= 15 is 0 Å². The topological polar surface area (TPSA) is 95.6 Å². The molecule has 140 valence electrons. The average Bonchev–Trinajstić information content (AvgIpc) is 3.04. The minimum absolute atomic E-state index is 0.246. The highest BCUT2D eigenvalue weighted by atomic mass is 16.5. The third-order valence-electron chi connectivity index (χ3n) is 3.80. The number of carbonyl (C=O) groups excluding carboxylic acids is 1. The molecule has 0 bridgehead atoms. The monoisotopic (exact) mass is 369 g/mol. The van der Waals surface area contributed by atoms with E-state index in [9.17, 15) is 9.59 Å². The molecule has 2 aromatic carbocycles. The molecule has 0 unspecified atom stereocenters. The lowest BCUT2D eigenvalue weighted by Crippen LogP contribution is -2.25. The van der Waals surface area contributed by atoms with Gasteiger partial charge in [-0.1, -0.05) is 17.3 Å². The zero-order valence-electron chi connectivity index (χ0n) is 15.0. The van der Waals surface area contributed by atoms with Crippen LogP contribution < -0.4 is 20.5 Å². The molecule has 1 aromatic heterocycles. The van der Waals surface area contributed by atoms with Gasteiger partial charge in [0.25, 0.3) is 0 Å². The van der Waals surface area contributed by atoms with Crippen molar-refractivity contribution in [1.82, 2.24) is 9.72 Å². The number of carbonyl (C=O) groups is 1. The second kappa shape index (κ2) is 8.22. The third-order valence-corrected chi connectivity index (χ3v) is 3.80. The number of hydrogen-bond acceptors (Lipinski definition) is 6. The molecule has 1 heterocycles. The predicted octanol–water partition coefficient (Wildman–Crippen LogP) is 2.55. The van der Waals surface area contributed by atoms with Gasteiger partial charge in [0.15, 0.2) is 5.82 Å². The van der Waals surface area contributed by atoms with Crippen LogP contribution >= 0.6 is 0 Å². The van der Waals surface area contributed by atoms with Crippen LogP contribution in [0.3, 0.4) is 0 Å². The summed E-state index contributed by atoms with van der Waals surface area (Å²) in [4.78, 5) is 24.5. The molecular weight excluding hydrogens is 350 g/mol. The van der Waals surface area contributed by atoms with E-state index in [1.807, 2.05) is 13.0 Å². The van der Waals surface area contributed by atoms with Crippen molar-refractivity contribution in [3.8, 4) is 22.9 Å². The van der Waals surface area contributed by atoms with Crippen LogP contribution in [0.4, 0.5) is 5.69 Å². The van der Waals surface area contributed by atoms with Gasteiger partial charge in [-0.25, -0.2) is 9.36 Å². The van der Waals surface area contributed by atoms with Crippen LogP contribution in [-0.4, -0.2) is 29.3 Å². The van der Waals surface area contributed by atoms with Crippen LogP contribution in [-0.2, 0) is 11.3 Å². The van der Waals surface area contributed by atoms with E-state index in [0.29, 0.717) is 29.4 Å². The van der Waals surface area contributed by atoms with E-state index in [-0.39, 0.29) is 12.4 Å². The minimum Gasteiger partial charge on any atom is -0.497 e. The first-order valence-electron chi connectivity index (χ1n) is 8.35. The number of ether oxygens (including phenoxy) is 2. The van der Waals surface area contributed by atoms with Gasteiger partial charge in [0, 0.05) is 5.56 Å². The normalized spacial score (nSPS) is 10.4. The fourth-order valence-electron chi connectivity index (χ4n) is 2.54. The molecule has 1 amide bonds. The summed E-state index contributed by atoms with van der Waals surface area (Å²) in [7, 11) is 1.56. The first-order valence-corrected chi connectivity index (χ1v) is 8.35. The molecule has 0 aliphatic rings. The summed E-state index contributed by atoms with van der Waals surface area (Å²) >= 11 is 0. The van der Waals surface area contributed by atoms with Crippen molar-refractivity contribution in [2.45, 2.75) is 13.5 Å². The fourth-order valence-corrected chi connectivity index (χ4v) is 2.54. The molecular formula is C19H19N3O5. The molecule has 8 nitrogen and oxygen atoms in total. The fraction of sp³-hybridized carbons (Fsp3) is 0.211. The number of para-hydroxylation sites is 2. The molecule has 3 rings (SSSR count). The van der Waals surface area contributed by atoms with Crippen molar-refractivity contribution in [1.29, 1.82) is 0 Å². The number of methoxy groups -OCH3 is 1. The standard InChI is InChI=1S/C19H19N3O5/c1-3-26-16-7-5-4-6-15(16)20-17(23)12-22-18(21-27-19(22)24)13-8-10-14(25-2)11-9-13/h4-11H,3,12H2,1-2H3,(H,20,23). The highest BCUT2D eigenvalue weighted by molar-refractivity contribution is 5.92. The summed E-state index contributed by atoms with van der Waals surface area (Å²) in [6, 6.07) is 14.0. The molecule has 0 atom stereocenters. The lowest BCUT2D eigenvalue weighted by atomic mass is 10.2. The maximum Gasteiger partial charge on any atom is 0.442 e. The van der Waals surface area contributed by atoms with Gasteiger partial charge in [-0.3, -0.25) is 9.32 Å². The number of rotatable bonds is 7. The van der Waals surface area contributed by atoms with Crippen LogP contribution in [0.2, 0.25) is 0 Å². The summed E-state index contributed by atoms with van der Waals surface area (Å²) in [6.45, 7) is 2.08. The Hall–Kier alpha value is -3.55. The van der Waals surface area contributed by atoms with E-state index in [1.165, 1.54) is 4.57 Å². The highest BCUT2D eigenvalue weighted by Crippen LogP contribution is 2.24. The minimum atomic E-state index is -0.714. The molecule has 0 saturated carbocycles. The summed E-state index contributed by atoms with van der Waals surface area (Å²) in [6.07, 6.45) is 0. The Morgan fingerprint density at radius 3 is 2.63 bits per heavy atom. The van der Waals surface area contributed by atoms with Crippen molar-refractivity contribution in [3.63, 3.8) is 0 Å². The maximum atomic E-state index is 12.5. The smallest absolute Gasteiger partial charge is 0.442 e. The van der Waals surface area contributed by atoms with Gasteiger partial charge in [0.1, 0.15) is 18.0 Å². The molecule has 0 fully saturated rings. The first kappa shape index (κ1) is 18.2. The summed E-state index contributed by atoms with van der Waals surface area (Å²) < 4.78 is 16.5. The van der Waals surface area contributed by atoms with Crippen LogP contribution in [0.25, 0.3) is 11.4 Å². The quantitative estimate of drug-likeness (QED) is 0.688. The van der Waals surface area contributed by atoms with Crippen molar-refractivity contribution in [3.05, 3.63) is 59.1 Å². The van der Waals surface area contributed by atoms with Crippen LogP contribution in [0.5, 0.6) is 11.5 Å². The summed E-state index contributed by atoms with van der Waals surface area (Å²) in [5.41, 5.74) is 1.16. The van der Waals surface area contributed by atoms with Crippen molar-refractivity contribution in [2.75, 3.05) is 19.0 Å². The second-order valence-electron chi connectivity index (χ2n) is 5.56. The predicted molar refractivity (Wildman–Crippen MR) is 99.0 cm³/mol. The lowest BCUT2D eigenvalue weighted by Gasteiger charge is -2.11. The van der Waals surface area contributed by atoms with Crippen LogP contribution in [0.15, 0.2) is 57.8 Å². The van der Waals surface area contributed by atoms with E-state index in [4.69, 9.17) is 14.0 Å². The Balaban J connectivity index is 1.81. The van der Waals surface area contributed by atoms with Gasteiger partial charge < -0.3 is 14.8 Å². The second-order valence-corrected chi connectivity index (χ2v) is 5.56. The molecule has 0 aliphatic heterocycles. The molecule has 8 heteroatoms. The molecule has 0 spiro atoms. The van der Waals surface area contributed by atoms with Gasteiger partial charge in [-0.05, 0) is 43.3 Å². The van der Waals surface area contributed by atoms with Crippen molar-refractivity contribution < 1.29 is 18.8 Å². The number of aromatic nitrogens is 2. The van der Waals surface area contributed by atoms with Gasteiger partial charge >= 0.3 is 5.76 Å². The van der Waals surface area contributed by atoms with Crippen LogP contribution in [0.1, 0.15) is 6.92 Å². The van der Waals surface area contributed by atoms with Crippen LogP contribution in [0, 0.1) is 0 Å². The third kappa shape index (κ3) is 4.17. The molecule has 3 aromatic rings.